The first-order chi connectivity index (χ1) is 18.6. The minimum absolute atomic E-state index is 0.133. The Morgan fingerprint density at radius 1 is 1.18 bits per heavy atom. The number of aliphatic hydroxyl groups excluding tert-OH is 1. The van der Waals surface area contributed by atoms with Crippen LogP contribution in [0.5, 0.6) is 5.75 Å². The summed E-state index contributed by atoms with van der Waals surface area (Å²) in [4.78, 5) is 16.8. The Bertz CT molecular complexity index is 1260. The topological polar surface area (TPSA) is 81.8 Å². The van der Waals surface area contributed by atoms with E-state index < -0.39 is 17.3 Å². The molecule has 1 aliphatic rings. The minimum atomic E-state index is -1.35. The standard InChI is InChI=1S/C32H41NO4S2/c1-20(2)32(4)16-6-7-25(19-32)37-31(35)29(34)30(23-10-12-24(36-5)13-11-23)39-28-18-22(9-15-27(28)33)17-26-14-8-21(3)38-26/h8-15,18,20,25,29-30,34H,6-7,16-17,19,33H2,1-5H3/t25?,29-,30+,32?/m1/s1. The maximum Gasteiger partial charge on any atom is 0.336 e. The van der Waals surface area contributed by atoms with E-state index in [0.717, 1.165) is 48.1 Å². The van der Waals surface area contributed by atoms with Crippen LogP contribution in [0.15, 0.2) is 59.5 Å². The first kappa shape index (κ1) is 29.5. The van der Waals surface area contributed by atoms with Crippen molar-refractivity contribution in [2.24, 2.45) is 11.3 Å². The Balaban J connectivity index is 1.57. The molecule has 2 unspecified atom stereocenters. The third-order valence-electron chi connectivity index (χ3n) is 8.12. The fourth-order valence-electron chi connectivity index (χ4n) is 5.26. The molecular formula is C32H41NO4S2. The molecule has 0 bridgehead atoms. The second-order valence-electron chi connectivity index (χ2n) is 11.3. The molecule has 210 valence electrons. The van der Waals surface area contributed by atoms with Gasteiger partial charge in [-0.25, -0.2) is 4.79 Å². The fraction of sp³-hybridized carbons (Fsp3) is 0.469. The van der Waals surface area contributed by atoms with Crippen molar-refractivity contribution in [3.05, 3.63) is 75.5 Å². The highest BCUT2D eigenvalue weighted by atomic mass is 32.2. The van der Waals surface area contributed by atoms with Crippen LogP contribution in [0, 0.1) is 18.3 Å². The maximum atomic E-state index is 13.4. The van der Waals surface area contributed by atoms with Gasteiger partial charge in [-0.3, -0.25) is 0 Å². The van der Waals surface area contributed by atoms with Crippen molar-refractivity contribution >= 4 is 34.8 Å². The number of aryl methyl sites for hydroxylation is 1. The minimum Gasteiger partial charge on any atom is -0.497 e. The van der Waals surface area contributed by atoms with Crippen LogP contribution in [-0.2, 0) is 16.0 Å². The molecule has 4 atom stereocenters. The van der Waals surface area contributed by atoms with Crippen molar-refractivity contribution < 1.29 is 19.4 Å². The van der Waals surface area contributed by atoms with Crippen molar-refractivity contribution in [2.75, 3.05) is 12.8 Å². The number of nitrogen functional groups attached to an aromatic ring is 1. The summed E-state index contributed by atoms with van der Waals surface area (Å²) in [5.41, 5.74) is 9.09. The van der Waals surface area contributed by atoms with Crippen LogP contribution >= 0.6 is 23.1 Å². The number of benzene rings is 2. The van der Waals surface area contributed by atoms with Crippen LogP contribution in [0.2, 0.25) is 0 Å². The van der Waals surface area contributed by atoms with Gasteiger partial charge in [-0.1, -0.05) is 39.0 Å². The summed E-state index contributed by atoms with van der Waals surface area (Å²) >= 11 is 3.18. The average molecular weight is 568 g/mol. The highest BCUT2D eigenvalue weighted by Crippen LogP contribution is 2.45. The van der Waals surface area contributed by atoms with Crippen molar-refractivity contribution in [3.8, 4) is 5.75 Å². The molecular weight excluding hydrogens is 526 g/mol. The predicted molar refractivity (Wildman–Crippen MR) is 162 cm³/mol. The Kier molecular flexibility index (Phi) is 9.68. The van der Waals surface area contributed by atoms with Crippen LogP contribution in [0.3, 0.4) is 0 Å². The summed E-state index contributed by atoms with van der Waals surface area (Å²) in [5, 5.41) is 10.8. The summed E-state index contributed by atoms with van der Waals surface area (Å²) in [7, 11) is 1.61. The summed E-state index contributed by atoms with van der Waals surface area (Å²) in [6.07, 6.45) is 3.08. The average Bonchev–Trinajstić information content (AvgIpc) is 3.32. The summed E-state index contributed by atoms with van der Waals surface area (Å²) < 4.78 is 11.3. The van der Waals surface area contributed by atoms with Gasteiger partial charge in [0.25, 0.3) is 0 Å². The highest BCUT2D eigenvalue weighted by Gasteiger charge is 2.38. The molecule has 7 heteroatoms. The second-order valence-corrected chi connectivity index (χ2v) is 13.8. The highest BCUT2D eigenvalue weighted by molar-refractivity contribution is 7.99. The Hall–Kier alpha value is -2.48. The van der Waals surface area contributed by atoms with E-state index in [1.54, 1.807) is 18.4 Å². The van der Waals surface area contributed by atoms with Gasteiger partial charge < -0.3 is 20.3 Å². The third kappa shape index (κ3) is 7.38. The van der Waals surface area contributed by atoms with Crippen molar-refractivity contribution in [2.45, 2.75) is 82.2 Å². The largest absolute Gasteiger partial charge is 0.497 e. The van der Waals surface area contributed by atoms with E-state index in [9.17, 15) is 9.90 Å². The van der Waals surface area contributed by atoms with Gasteiger partial charge in [0.1, 0.15) is 11.9 Å². The van der Waals surface area contributed by atoms with E-state index in [2.05, 4.69) is 45.9 Å². The number of hydrogen-bond acceptors (Lipinski definition) is 7. The van der Waals surface area contributed by atoms with E-state index in [4.69, 9.17) is 15.2 Å². The number of carbonyl (C=O) groups is 1. The number of aliphatic hydroxyl groups is 1. The first-order valence-electron chi connectivity index (χ1n) is 13.7. The molecule has 1 aromatic heterocycles. The zero-order valence-corrected chi connectivity index (χ0v) is 25.2. The molecule has 3 aromatic rings. The van der Waals surface area contributed by atoms with E-state index in [1.807, 2.05) is 36.4 Å². The molecule has 0 saturated heterocycles. The lowest BCUT2D eigenvalue weighted by Gasteiger charge is -2.41. The molecule has 1 fully saturated rings. The first-order valence-corrected chi connectivity index (χ1v) is 15.4. The Labute approximate surface area is 241 Å². The molecule has 4 rings (SSSR count). The van der Waals surface area contributed by atoms with Gasteiger partial charge in [-0.2, -0.15) is 0 Å². The normalized spacial score (nSPS) is 20.9. The molecule has 1 heterocycles. The van der Waals surface area contributed by atoms with Gasteiger partial charge in [0.05, 0.1) is 12.4 Å². The molecule has 39 heavy (non-hydrogen) atoms. The lowest BCUT2D eigenvalue weighted by molar-refractivity contribution is -0.163. The number of nitrogens with two attached hydrogens (primary N) is 1. The Morgan fingerprint density at radius 2 is 1.92 bits per heavy atom. The maximum absolute atomic E-state index is 13.4. The van der Waals surface area contributed by atoms with Gasteiger partial charge in [-0.05, 0) is 91.5 Å². The van der Waals surface area contributed by atoms with Gasteiger partial charge in [0.2, 0.25) is 0 Å². The lowest BCUT2D eigenvalue weighted by atomic mass is 9.67. The fourth-order valence-corrected chi connectivity index (χ4v) is 7.41. The molecule has 5 nitrogen and oxygen atoms in total. The smallest absolute Gasteiger partial charge is 0.336 e. The van der Waals surface area contributed by atoms with Gasteiger partial charge in [0.15, 0.2) is 6.10 Å². The molecule has 3 N–H and O–H groups in total. The number of ether oxygens (including phenoxy) is 2. The van der Waals surface area contributed by atoms with Crippen molar-refractivity contribution in [3.63, 3.8) is 0 Å². The molecule has 2 aromatic carbocycles. The number of rotatable bonds is 10. The zero-order valence-electron chi connectivity index (χ0n) is 23.6. The molecule has 0 radical (unpaired) electrons. The van der Waals surface area contributed by atoms with E-state index in [1.165, 1.54) is 21.5 Å². The van der Waals surface area contributed by atoms with Crippen LogP contribution in [0.25, 0.3) is 0 Å². The number of thiophene rings is 1. The quantitative estimate of drug-likeness (QED) is 0.149. The summed E-state index contributed by atoms with van der Waals surface area (Å²) in [5.74, 6) is 0.632. The number of esters is 1. The molecule has 0 amide bonds. The van der Waals surface area contributed by atoms with E-state index >= 15 is 0 Å². The number of anilines is 1. The molecule has 1 saturated carbocycles. The van der Waals surface area contributed by atoms with Crippen molar-refractivity contribution in [1.29, 1.82) is 0 Å². The van der Waals surface area contributed by atoms with E-state index in [0.29, 0.717) is 17.4 Å². The van der Waals surface area contributed by atoms with Gasteiger partial charge in [-0.15, -0.1) is 23.1 Å². The number of hydrogen-bond donors (Lipinski definition) is 2. The van der Waals surface area contributed by atoms with Crippen LogP contribution < -0.4 is 10.5 Å². The zero-order chi connectivity index (χ0) is 28.2. The summed E-state index contributed by atoms with van der Waals surface area (Å²) in [6.45, 7) is 8.84. The number of thioether (sulfide) groups is 1. The van der Waals surface area contributed by atoms with Gasteiger partial charge >= 0.3 is 5.97 Å². The van der Waals surface area contributed by atoms with Crippen LogP contribution in [-0.4, -0.2) is 30.4 Å². The van der Waals surface area contributed by atoms with Crippen LogP contribution in [0.1, 0.15) is 72.6 Å². The molecule has 1 aliphatic carbocycles. The van der Waals surface area contributed by atoms with Crippen molar-refractivity contribution in [1.82, 2.24) is 0 Å². The monoisotopic (exact) mass is 567 g/mol. The number of carbonyl (C=O) groups excluding carboxylic acids is 1. The SMILES string of the molecule is COc1ccc([C@H](Sc2cc(Cc3ccc(C)s3)ccc2N)[C@@H](O)C(=O)OC2CCCC(C)(C(C)C)C2)cc1. The molecule has 0 spiro atoms. The predicted octanol–water partition coefficient (Wildman–Crippen LogP) is 7.58. The Morgan fingerprint density at radius 3 is 2.56 bits per heavy atom. The summed E-state index contributed by atoms with van der Waals surface area (Å²) in [6, 6.07) is 17.8. The van der Waals surface area contributed by atoms with Crippen LogP contribution in [0.4, 0.5) is 5.69 Å². The van der Waals surface area contributed by atoms with E-state index in [-0.39, 0.29) is 11.5 Å². The lowest BCUT2D eigenvalue weighted by Crippen LogP contribution is -2.38. The van der Waals surface area contributed by atoms with Gasteiger partial charge in [0, 0.05) is 26.8 Å². The second kappa shape index (κ2) is 12.8. The molecule has 0 aliphatic heterocycles. The number of methoxy groups -OCH3 is 1. The third-order valence-corrected chi connectivity index (χ3v) is 10.5.